The summed E-state index contributed by atoms with van der Waals surface area (Å²) in [5.74, 6) is 0.421. The fourth-order valence-corrected chi connectivity index (χ4v) is 2.49. The van der Waals surface area contributed by atoms with Crippen molar-refractivity contribution in [3.05, 3.63) is 0 Å². The van der Waals surface area contributed by atoms with Crippen molar-refractivity contribution < 1.29 is 4.79 Å². The lowest BCUT2D eigenvalue weighted by Gasteiger charge is -2.29. The lowest BCUT2D eigenvalue weighted by molar-refractivity contribution is -0.129. The largest absolute Gasteiger partial charge is 0.329 e. The molecule has 0 atom stereocenters. The van der Waals surface area contributed by atoms with Crippen LogP contribution in [0.4, 0.5) is 0 Å². The van der Waals surface area contributed by atoms with Crippen molar-refractivity contribution in [2.45, 2.75) is 58.3 Å². The van der Waals surface area contributed by atoms with E-state index in [2.05, 4.69) is 6.92 Å². The van der Waals surface area contributed by atoms with Gasteiger partial charge >= 0.3 is 0 Å². The van der Waals surface area contributed by atoms with Crippen LogP contribution in [0.2, 0.25) is 0 Å². The van der Waals surface area contributed by atoms with Gasteiger partial charge in [0.2, 0.25) is 0 Å². The highest BCUT2D eigenvalue weighted by Gasteiger charge is 2.35. The highest BCUT2D eigenvalue weighted by molar-refractivity contribution is 5.85. The topological polar surface area (TPSA) is 43.1 Å². The first-order chi connectivity index (χ1) is 6.75. The molecule has 0 radical (unpaired) electrons. The van der Waals surface area contributed by atoms with E-state index in [4.69, 9.17) is 5.73 Å². The maximum Gasteiger partial charge on any atom is 0.140 e. The Morgan fingerprint density at radius 1 is 1.21 bits per heavy atom. The van der Waals surface area contributed by atoms with Gasteiger partial charge < -0.3 is 5.73 Å². The van der Waals surface area contributed by atoms with Crippen LogP contribution in [0.15, 0.2) is 0 Å². The standard InChI is InChI=1S/C12H23NO/c1-2-7-11(14)12(10-13)8-5-3-4-6-9-12/h2-10,13H2,1H3. The predicted molar refractivity (Wildman–Crippen MR) is 59.1 cm³/mol. The second-order valence-electron chi connectivity index (χ2n) is 4.57. The molecule has 0 saturated heterocycles. The Kier molecular flexibility index (Phi) is 4.59. The summed E-state index contributed by atoms with van der Waals surface area (Å²) in [6.07, 6.45) is 8.67. The molecule has 0 spiro atoms. The molecule has 14 heavy (non-hydrogen) atoms. The number of ketones is 1. The summed E-state index contributed by atoms with van der Waals surface area (Å²) in [6, 6.07) is 0. The van der Waals surface area contributed by atoms with Gasteiger partial charge in [0, 0.05) is 18.4 Å². The van der Waals surface area contributed by atoms with Gasteiger partial charge in [-0.05, 0) is 19.3 Å². The molecule has 0 aliphatic heterocycles. The van der Waals surface area contributed by atoms with E-state index in [1.54, 1.807) is 0 Å². The SMILES string of the molecule is CCCC(=O)C1(CN)CCCCCC1. The zero-order chi connectivity index (χ0) is 10.4. The van der Waals surface area contributed by atoms with Gasteiger partial charge in [-0.3, -0.25) is 4.79 Å². The Bertz CT molecular complexity index is 181. The summed E-state index contributed by atoms with van der Waals surface area (Å²) in [5.41, 5.74) is 5.67. The predicted octanol–water partition coefficient (Wildman–Crippen LogP) is 2.65. The normalized spacial score (nSPS) is 21.6. The molecular formula is C12H23NO. The summed E-state index contributed by atoms with van der Waals surface area (Å²) in [5, 5.41) is 0. The van der Waals surface area contributed by atoms with Crippen LogP contribution >= 0.6 is 0 Å². The minimum Gasteiger partial charge on any atom is -0.329 e. The Hall–Kier alpha value is -0.370. The molecule has 82 valence electrons. The molecule has 2 N–H and O–H groups in total. The molecule has 0 heterocycles. The van der Waals surface area contributed by atoms with Crippen LogP contribution in [0.5, 0.6) is 0 Å². The Balaban J connectivity index is 2.66. The van der Waals surface area contributed by atoms with Gasteiger partial charge in [-0.1, -0.05) is 32.6 Å². The van der Waals surface area contributed by atoms with Gasteiger partial charge in [0.15, 0.2) is 0 Å². The minimum atomic E-state index is -0.146. The number of rotatable bonds is 4. The van der Waals surface area contributed by atoms with E-state index >= 15 is 0 Å². The molecule has 1 aliphatic rings. The molecule has 1 fully saturated rings. The van der Waals surface area contributed by atoms with Gasteiger partial charge in [-0.15, -0.1) is 0 Å². The van der Waals surface area contributed by atoms with Crippen molar-refractivity contribution in [1.29, 1.82) is 0 Å². The van der Waals surface area contributed by atoms with Crippen LogP contribution in [-0.4, -0.2) is 12.3 Å². The smallest absolute Gasteiger partial charge is 0.140 e. The molecule has 1 rings (SSSR count). The maximum absolute atomic E-state index is 12.0. The molecule has 0 unspecified atom stereocenters. The van der Waals surface area contributed by atoms with E-state index < -0.39 is 0 Å². The molecule has 0 bridgehead atoms. The third-order valence-electron chi connectivity index (χ3n) is 3.52. The van der Waals surface area contributed by atoms with Crippen LogP contribution in [0.3, 0.4) is 0 Å². The second-order valence-corrected chi connectivity index (χ2v) is 4.57. The molecule has 2 heteroatoms. The van der Waals surface area contributed by atoms with Crippen LogP contribution in [0, 0.1) is 5.41 Å². The zero-order valence-electron chi connectivity index (χ0n) is 9.35. The Morgan fingerprint density at radius 2 is 1.79 bits per heavy atom. The average Bonchev–Trinajstić information content (AvgIpc) is 2.44. The van der Waals surface area contributed by atoms with Crippen LogP contribution in [-0.2, 0) is 4.79 Å². The number of carbonyl (C=O) groups is 1. The summed E-state index contributed by atoms with van der Waals surface area (Å²) >= 11 is 0. The summed E-state index contributed by atoms with van der Waals surface area (Å²) in [4.78, 5) is 12.0. The fourth-order valence-electron chi connectivity index (χ4n) is 2.49. The van der Waals surface area contributed by atoms with Gasteiger partial charge in [0.25, 0.3) is 0 Å². The lowest BCUT2D eigenvalue weighted by atomic mass is 9.75. The first-order valence-electron chi connectivity index (χ1n) is 5.98. The maximum atomic E-state index is 12.0. The molecule has 2 nitrogen and oxygen atoms in total. The van der Waals surface area contributed by atoms with Crippen LogP contribution in [0.25, 0.3) is 0 Å². The first-order valence-corrected chi connectivity index (χ1v) is 5.98. The quantitative estimate of drug-likeness (QED) is 0.704. The van der Waals surface area contributed by atoms with E-state index in [0.717, 1.165) is 25.7 Å². The number of Topliss-reactive ketones (excluding diaryl/α,β-unsaturated/α-hetero) is 1. The van der Waals surface area contributed by atoms with Gasteiger partial charge in [0.1, 0.15) is 5.78 Å². The molecule has 1 saturated carbocycles. The third kappa shape index (κ3) is 2.57. The molecular weight excluding hydrogens is 174 g/mol. The zero-order valence-corrected chi connectivity index (χ0v) is 9.35. The molecule has 0 aromatic carbocycles. The fraction of sp³-hybridized carbons (Fsp3) is 0.917. The summed E-state index contributed by atoms with van der Waals surface area (Å²) < 4.78 is 0. The average molecular weight is 197 g/mol. The number of hydrogen-bond acceptors (Lipinski definition) is 2. The van der Waals surface area contributed by atoms with Crippen molar-refractivity contribution in [3.63, 3.8) is 0 Å². The van der Waals surface area contributed by atoms with E-state index in [9.17, 15) is 4.79 Å². The molecule has 0 amide bonds. The third-order valence-corrected chi connectivity index (χ3v) is 3.52. The summed E-state index contributed by atoms with van der Waals surface area (Å²) in [6.45, 7) is 2.63. The first kappa shape index (κ1) is 11.7. The van der Waals surface area contributed by atoms with Crippen molar-refractivity contribution in [2.24, 2.45) is 11.1 Å². The Morgan fingerprint density at radius 3 is 2.21 bits per heavy atom. The number of carbonyl (C=O) groups excluding carboxylic acids is 1. The lowest BCUT2D eigenvalue weighted by Crippen LogP contribution is -2.38. The molecule has 0 aromatic heterocycles. The van der Waals surface area contributed by atoms with Gasteiger partial charge in [0.05, 0.1) is 0 Å². The van der Waals surface area contributed by atoms with Gasteiger partial charge in [-0.25, -0.2) is 0 Å². The van der Waals surface area contributed by atoms with E-state index in [1.165, 1.54) is 25.7 Å². The number of hydrogen-bond donors (Lipinski definition) is 1. The van der Waals surface area contributed by atoms with E-state index in [-0.39, 0.29) is 5.41 Å². The van der Waals surface area contributed by atoms with Crippen molar-refractivity contribution in [3.8, 4) is 0 Å². The molecule has 0 aromatic rings. The van der Waals surface area contributed by atoms with Crippen molar-refractivity contribution >= 4 is 5.78 Å². The highest BCUT2D eigenvalue weighted by Crippen LogP contribution is 2.36. The summed E-state index contributed by atoms with van der Waals surface area (Å²) in [7, 11) is 0. The van der Waals surface area contributed by atoms with Gasteiger partial charge in [-0.2, -0.15) is 0 Å². The van der Waals surface area contributed by atoms with Crippen molar-refractivity contribution in [1.82, 2.24) is 0 Å². The number of nitrogens with two attached hydrogens (primary N) is 1. The molecule has 1 aliphatic carbocycles. The van der Waals surface area contributed by atoms with Crippen LogP contribution < -0.4 is 5.73 Å². The monoisotopic (exact) mass is 197 g/mol. The Labute approximate surface area is 87.2 Å². The minimum absolute atomic E-state index is 0.146. The van der Waals surface area contributed by atoms with Crippen molar-refractivity contribution in [2.75, 3.05) is 6.54 Å². The van der Waals surface area contributed by atoms with E-state index in [0.29, 0.717) is 12.3 Å². The highest BCUT2D eigenvalue weighted by atomic mass is 16.1. The van der Waals surface area contributed by atoms with Crippen LogP contribution in [0.1, 0.15) is 58.3 Å². The second kappa shape index (κ2) is 5.50. The van der Waals surface area contributed by atoms with E-state index in [1.807, 2.05) is 0 Å².